The number of ether oxygens (including phenoxy) is 1. The van der Waals surface area contributed by atoms with Crippen LogP contribution in [0.2, 0.25) is 0 Å². The van der Waals surface area contributed by atoms with Crippen molar-refractivity contribution in [3.8, 4) is 0 Å². The lowest BCUT2D eigenvalue weighted by atomic mass is 10.2. The first-order chi connectivity index (χ1) is 10.0. The van der Waals surface area contributed by atoms with Crippen molar-refractivity contribution in [2.75, 3.05) is 7.05 Å². The SMILES string of the molecule is Cc1ccc([C@H](C)N(C)C(=O)[C@H](C)NC(=O)OC(C)(C)C)s1. The molecule has 0 unspecified atom stereocenters. The van der Waals surface area contributed by atoms with Gasteiger partial charge in [-0.3, -0.25) is 4.79 Å². The summed E-state index contributed by atoms with van der Waals surface area (Å²) >= 11 is 1.67. The van der Waals surface area contributed by atoms with E-state index in [2.05, 4.69) is 5.32 Å². The molecule has 0 aromatic carbocycles. The van der Waals surface area contributed by atoms with Crippen LogP contribution in [0, 0.1) is 6.92 Å². The highest BCUT2D eigenvalue weighted by molar-refractivity contribution is 7.12. The van der Waals surface area contributed by atoms with Crippen molar-refractivity contribution in [3.05, 3.63) is 21.9 Å². The number of nitrogens with one attached hydrogen (secondary N) is 1. The summed E-state index contributed by atoms with van der Waals surface area (Å²) in [6.07, 6.45) is -0.582. The first kappa shape index (κ1) is 18.5. The van der Waals surface area contributed by atoms with E-state index in [0.29, 0.717) is 0 Å². The van der Waals surface area contributed by atoms with Gasteiger partial charge in [0.2, 0.25) is 5.91 Å². The third kappa shape index (κ3) is 5.33. The minimum Gasteiger partial charge on any atom is -0.444 e. The van der Waals surface area contributed by atoms with Crippen LogP contribution < -0.4 is 5.32 Å². The number of alkyl carbamates (subject to hydrolysis) is 1. The molecule has 0 saturated carbocycles. The molecule has 0 fully saturated rings. The second kappa shape index (κ2) is 7.13. The average Bonchev–Trinajstić information content (AvgIpc) is 2.80. The fourth-order valence-corrected chi connectivity index (χ4v) is 2.88. The van der Waals surface area contributed by atoms with Gasteiger partial charge in [-0.25, -0.2) is 4.79 Å². The van der Waals surface area contributed by atoms with Crippen molar-refractivity contribution >= 4 is 23.3 Å². The zero-order valence-corrected chi connectivity index (χ0v) is 15.2. The van der Waals surface area contributed by atoms with Crippen LogP contribution in [-0.2, 0) is 9.53 Å². The lowest BCUT2D eigenvalue weighted by Gasteiger charge is -2.28. The van der Waals surface area contributed by atoms with E-state index < -0.39 is 17.7 Å². The minimum atomic E-state index is -0.636. The van der Waals surface area contributed by atoms with Crippen LogP contribution in [0.25, 0.3) is 0 Å². The normalized spacial score (nSPS) is 14.1. The van der Waals surface area contributed by atoms with E-state index in [1.807, 2.05) is 26.0 Å². The van der Waals surface area contributed by atoms with Crippen LogP contribution in [0.3, 0.4) is 0 Å². The van der Waals surface area contributed by atoms with Crippen LogP contribution in [-0.4, -0.2) is 35.6 Å². The van der Waals surface area contributed by atoms with Gasteiger partial charge in [-0.15, -0.1) is 11.3 Å². The second-order valence-electron chi connectivity index (χ2n) is 6.44. The molecule has 1 aromatic rings. The molecule has 0 aliphatic rings. The van der Waals surface area contributed by atoms with Gasteiger partial charge >= 0.3 is 6.09 Å². The Labute approximate surface area is 136 Å². The first-order valence-electron chi connectivity index (χ1n) is 7.34. The van der Waals surface area contributed by atoms with Crippen molar-refractivity contribution in [2.24, 2.45) is 0 Å². The van der Waals surface area contributed by atoms with E-state index >= 15 is 0 Å². The second-order valence-corrected chi connectivity index (χ2v) is 7.76. The number of hydrogen-bond acceptors (Lipinski definition) is 4. The summed E-state index contributed by atoms with van der Waals surface area (Å²) in [5.41, 5.74) is -0.583. The van der Waals surface area contributed by atoms with Gasteiger partial charge in [-0.1, -0.05) is 0 Å². The number of likely N-dealkylation sites (N-methyl/N-ethyl adjacent to an activating group) is 1. The molecule has 0 aliphatic carbocycles. The number of aryl methyl sites for hydroxylation is 1. The lowest BCUT2D eigenvalue weighted by molar-refractivity contribution is -0.133. The highest BCUT2D eigenvalue weighted by Gasteiger charge is 2.26. The summed E-state index contributed by atoms with van der Waals surface area (Å²) in [7, 11) is 1.75. The monoisotopic (exact) mass is 326 g/mol. The van der Waals surface area contributed by atoms with Gasteiger partial charge in [0.1, 0.15) is 11.6 Å². The van der Waals surface area contributed by atoms with Crippen LogP contribution >= 0.6 is 11.3 Å². The molecule has 22 heavy (non-hydrogen) atoms. The van der Waals surface area contributed by atoms with Gasteiger partial charge in [0.25, 0.3) is 0 Å². The number of hydrogen-bond donors (Lipinski definition) is 1. The van der Waals surface area contributed by atoms with Crippen molar-refractivity contribution in [1.29, 1.82) is 0 Å². The molecule has 2 amide bonds. The van der Waals surface area contributed by atoms with Crippen molar-refractivity contribution in [2.45, 2.75) is 59.2 Å². The molecular weight excluding hydrogens is 300 g/mol. The quantitative estimate of drug-likeness (QED) is 0.921. The van der Waals surface area contributed by atoms with E-state index in [1.165, 1.54) is 4.88 Å². The molecule has 0 radical (unpaired) electrons. The number of carbonyl (C=O) groups is 2. The summed E-state index contributed by atoms with van der Waals surface area (Å²) < 4.78 is 5.17. The Hall–Kier alpha value is -1.56. The molecule has 0 aliphatic heterocycles. The summed E-state index contributed by atoms with van der Waals surface area (Å²) in [4.78, 5) is 28.1. The molecule has 0 saturated heterocycles. The summed E-state index contributed by atoms with van der Waals surface area (Å²) in [5, 5.41) is 2.58. The molecule has 0 bridgehead atoms. The zero-order chi connectivity index (χ0) is 17.1. The molecular formula is C16H26N2O3S. The molecule has 124 valence electrons. The number of rotatable bonds is 4. The maximum Gasteiger partial charge on any atom is 0.408 e. The van der Waals surface area contributed by atoms with Crippen molar-refractivity contribution in [1.82, 2.24) is 10.2 Å². The molecule has 1 rings (SSSR count). The Kier molecular flexibility index (Phi) is 6.00. The predicted molar refractivity (Wildman–Crippen MR) is 89.1 cm³/mol. The highest BCUT2D eigenvalue weighted by atomic mass is 32.1. The van der Waals surface area contributed by atoms with Crippen LogP contribution in [0.15, 0.2) is 12.1 Å². The number of amides is 2. The Bertz CT molecular complexity index is 534. The summed E-state index contributed by atoms with van der Waals surface area (Å²) in [6.45, 7) is 11.0. The molecule has 1 heterocycles. The van der Waals surface area contributed by atoms with E-state index in [1.54, 1.807) is 51.0 Å². The maximum absolute atomic E-state index is 12.4. The van der Waals surface area contributed by atoms with Gasteiger partial charge in [0.05, 0.1) is 6.04 Å². The largest absolute Gasteiger partial charge is 0.444 e. The molecule has 0 spiro atoms. The molecule has 5 nitrogen and oxygen atoms in total. The summed E-state index contributed by atoms with van der Waals surface area (Å²) in [5.74, 6) is -0.149. The van der Waals surface area contributed by atoms with E-state index in [4.69, 9.17) is 4.74 Å². The zero-order valence-electron chi connectivity index (χ0n) is 14.4. The van der Waals surface area contributed by atoms with Gasteiger partial charge in [0, 0.05) is 16.8 Å². The Balaban J connectivity index is 2.64. The van der Waals surface area contributed by atoms with Crippen LogP contribution in [0.5, 0.6) is 0 Å². The topological polar surface area (TPSA) is 58.6 Å². The van der Waals surface area contributed by atoms with Crippen molar-refractivity contribution < 1.29 is 14.3 Å². The standard InChI is InChI=1S/C16H26N2O3S/c1-10-8-9-13(22-10)12(3)18(7)14(19)11(2)17-15(20)21-16(4,5)6/h8-9,11-12H,1-7H3,(H,17,20)/t11-,12-/m0/s1. The van der Waals surface area contributed by atoms with Gasteiger partial charge in [-0.2, -0.15) is 0 Å². The smallest absolute Gasteiger partial charge is 0.408 e. The maximum atomic E-state index is 12.4. The van der Waals surface area contributed by atoms with E-state index in [9.17, 15) is 9.59 Å². The van der Waals surface area contributed by atoms with E-state index in [0.717, 1.165) is 4.88 Å². The Morgan fingerprint density at radius 3 is 2.32 bits per heavy atom. The van der Waals surface area contributed by atoms with Crippen molar-refractivity contribution in [3.63, 3.8) is 0 Å². The van der Waals surface area contributed by atoms with Gasteiger partial charge in [-0.05, 0) is 53.7 Å². The fourth-order valence-electron chi connectivity index (χ4n) is 1.91. The van der Waals surface area contributed by atoms with E-state index in [-0.39, 0.29) is 11.9 Å². The third-order valence-electron chi connectivity index (χ3n) is 3.21. The highest BCUT2D eigenvalue weighted by Crippen LogP contribution is 2.26. The van der Waals surface area contributed by atoms with Crippen LogP contribution in [0.4, 0.5) is 4.79 Å². The molecule has 2 atom stereocenters. The van der Waals surface area contributed by atoms with Gasteiger partial charge < -0.3 is 15.0 Å². The Morgan fingerprint density at radius 2 is 1.86 bits per heavy atom. The number of thiophene rings is 1. The fraction of sp³-hybridized carbons (Fsp3) is 0.625. The Morgan fingerprint density at radius 1 is 1.27 bits per heavy atom. The number of carbonyl (C=O) groups excluding carboxylic acids is 2. The average molecular weight is 326 g/mol. The minimum absolute atomic E-state index is 0.0333. The lowest BCUT2D eigenvalue weighted by Crippen LogP contribution is -2.47. The van der Waals surface area contributed by atoms with Crippen LogP contribution in [0.1, 0.15) is 50.4 Å². The first-order valence-corrected chi connectivity index (χ1v) is 8.15. The molecule has 6 heteroatoms. The molecule has 1 aromatic heterocycles. The third-order valence-corrected chi connectivity index (χ3v) is 4.38. The summed E-state index contributed by atoms with van der Waals surface area (Å²) in [6, 6.07) is 3.40. The van der Waals surface area contributed by atoms with Gasteiger partial charge in [0.15, 0.2) is 0 Å². The molecule has 1 N–H and O–H groups in total. The predicted octanol–water partition coefficient (Wildman–Crippen LogP) is 3.49. The number of nitrogens with zero attached hydrogens (tertiary/aromatic N) is 1.